The Morgan fingerprint density at radius 3 is 2.08 bits per heavy atom. The summed E-state index contributed by atoms with van der Waals surface area (Å²) in [5, 5.41) is 8.05. The molecule has 0 radical (unpaired) electrons. The zero-order valence-corrected chi connectivity index (χ0v) is 7.02. The second-order valence-electron chi connectivity index (χ2n) is 1.98. The molecule has 0 spiro atoms. The van der Waals surface area contributed by atoms with E-state index in [1.165, 1.54) is 0 Å². The Morgan fingerprint density at radius 1 is 1.46 bits per heavy atom. The molecule has 1 N–H and O–H groups in total. The number of rotatable bonds is 3. The smallest absolute Gasteiger partial charge is 0.479 e. The van der Waals surface area contributed by atoms with Gasteiger partial charge in [-0.2, -0.15) is 21.6 Å². The van der Waals surface area contributed by atoms with Crippen LogP contribution in [0.2, 0.25) is 0 Å². The Morgan fingerprint density at radius 2 is 1.85 bits per heavy atom. The standard InChI is InChI=1S/C4H5F3O5S/c1-2(3(8)9)12-13(10,11)4(5,6)7/h2H,1H3,(H,8,9)/t2-/m0/s1. The largest absolute Gasteiger partial charge is 0.523 e. The molecule has 0 aromatic rings. The van der Waals surface area contributed by atoms with Crippen LogP contribution < -0.4 is 0 Å². The SMILES string of the molecule is C[C@H](OS(=O)(=O)C(F)(F)F)C(=O)O. The molecule has 0 aliphatic rings. The fraction of sp³-hybridized carbons (Fsp3) is 0.750. The van der Waals surface area contributed by atoms with E-state index in [0.717, 1.165) is 0 Å². The fourth-order valence-electron chi connectivity index (χ4n) is 0.286. The molecule has 0 aromatic heterocycles. The monoisotopic (exact) mass is 222 g/mol. The number of aliphatic carboxylic acids is 1. The number of hydrogen-bond acceptors (Lipinski definition) is 4. The van der Waals surface area contributed by atoms with Gasteiger partial charge in [-0.1, -0.05) is 0 Å². The van der Waals surface area contributed by atoms with Crippen LogP contribution in [-0.2, 0) is 19.1 Å². The van der Waals surface area contributed by atoms with Gasteiger partial charge in [0.05, 0.1) is 0 Å². The quantitative estimate of drug-likeness (QED) is 0.549. The molecule has 5 nitrogen and oxygen atoms in total. The zero-order chi connectivity index (χ0) is 10.9. The van der Waals surface area contributed by atoms with Crippen LogP contribution in [0.1, 0.15) is 6.92 Å². The molecule has 0 fully saturated rings. The highest BCUT2D eigenvalue weighted by atomic mass is 32.2. The maximum atomic E-state index is 11.6. The Balaban J connectivity index is 4.64. The number of alkyl halides is 3. The highest BCUT2D eigenvalue weighted by Crippen LogP contribution is 2.25. The second-order valence-corrected chi connectivity index (χ2v) is 3.54. The average molecular weight is 222 g/mol. The van der Waals surface area contributed by atoms with Gasteiger partial charge in [0.15, 0.2) is 6.10 Å². The van der Waals surface area contributed by atoms with Gasteiger partial charge < -0.3 is 5.11 Å². The van der Waals surface area contributed by atoms with Crippen LogP contribution in [0.15, 0.2) is 0 Å². The number of hydrogen-bond donors (Lipinski definition) is 1. The minimum atomic E-state index is -5.82. The molecule has 0 amide bonds. The summed E-state index contributed by atoms with van der Waals surface area (Å²) in [5.41, 5.74) is -5.60. The van der Waals surface area contributed by atoms with Crippen LogP contribution in [0, 0.1) is 0 Å². The van der Waals surface area contributed by atoms with E-state index in [-0.39, 0.29) is 0 Å². The molecule has 13 heavy (non-hydrogen) atoms. The van der Waals surface area contributed by atoms with Gasteiger partial charge in [0.1, 0.15) is 0 Å². The van der Waals surface area contributed by atoms with Crippen LogP contribution in [0.5, 0.6) is 0 Å². The highest BCUT2D eigenvalue weighted by Gasteiger charge is 2.48. The van der Waals surface area contributed by atoms with E-state index in [0.29, 0.717) is 6.92 Å². The van der Waals surface area contributed by atoms with Crippen molar-refractivity contribution < 1.29 is 35.7 Å². The van der Waals surface area contributed by atoms with Gasteiger partial charge in [-0.25, -0.2) is 8.98 Å². The summed E-state index contributed by atoms with van der Waals surface area (Å²) in [6, 6.07) is 0. The van der Waals surface area contributed by atoms with Crippen molar-refractivity contribution in [2.24, 2.45) is 0 Å². The molecule has 0 saturated heterocycles. The van der Waals surface area contributed by atoms with Gasteiger partial charge >= 0.3 is 21.6 Å². The van der Waals surface area contributed by atoms with Crippen molar-refractivity contribution in [3.63, 3.8) is 0 Å². The Bertz CT molecular complexity index is 291. The number of carbonyl (C=O) groups is 1. The van der Waals surface area contributed by atoms with Crippen LogP contribution >= 0.6 is 0 Å². The van der Waals surface area contributed by atoms with E-state index in [1.807, 2.05) is 0 Å². The molecule has 0 aliphatic heterocycles. The van der Waals surface area contributed by atoms with E-state index in [2.05, 4.69) is 4.18 Å². The van der Waals surface area contributed by atoms with Gasteiger partial charge in [0.25, 0.3) is 0 Å². The summed E-state index contributed by atoms with van der Waals surface area (Å²) >= 11 is 0. The lowest BCUT2D eigenvalue weighted by molar-refractivity contribution is -0.144. The molecule has 0 aliphatic carbocycles. The topological polar surface area (TPSA) is 80.7 Å². The predicted octanol–water partition coefficient (Wildman–Crippen LogP) is 0.326. The first-order valence-electron chi connectivity index (χ1n) is 2.80. The van der Waals surface area contributed by atoms with Gasteiger partial charge in [0.2, 0.25) is 0 Å². The van der Waals surface area contributed by atoms with Crippen molar-refractivity contribution in [1.29, 1.82) is 0 Å². The number of carboxylic acids is 1. The molecule has 0 unspecified atom stereocenters. The zero-order valence-electron chi connectivity index (χ0n) is 6.20. The van der Waals surface area contributed by atoms with Crippen molar-refractivity contribution in [2.45, 2.75) is 18.5 Å². The summed E-state index contributed by atoms with van der Waals surface area (Å²) in [6.45, 7) is 0.672. The fourth-order valence-corrected chi connectivity index (χ4v) is 0.857. The van der Waals surface area contributed by atoms with Crippen molar-refractivity contribution in [3.8, 4) is 0 Å². The van der Waals surface area contributed by atoms with Gasteiger partial charge in [-0.3, -0.25) is 0 Å². The summed E-state index contributed by atoms with van der Waals surface area (Å²) in [4.78, 5) is 9.95. The molecule has 0 heterocycles. The number of halogens is 3. The summed E-state index contributed by atoms with van der Waals surface area (Å²) in [7, 11) is -5.82. The minimum absolute atomic E-state index is 0.672. The van der Waals surface area contributed by atoms with Crippen molar-refractivity contribution >= 4 is 16.1 Å². The third-order valence-electron chi connectivity index (χ3n) is 0.902. The molecule has 0 saturated carbocycles. The van der Waals surface area contributed by atoms with E-state index in [1.54, 1.807) is 0 Å². The van der Waals surface area contributed by atoms with Crippen LogP contribution in [0.3, 0.4) is 0 Å². The van der Waals surface area contributed by atoms with E-state index in [4.69, 9.17) is 5.11 Å². The Hall–Kier alpha value is -0.830. The Labute approximate surface area is 71.2 Å². The van der Waals surface area contributed by atoms with Crippen LogP contribution in [0.25, 0.3) is 0 Å². The molecule has 78 valence electrons. The van der Waals surface area contributed by atoms with E-state index >= 15 is 0 Å². The van der Waals surface area contributed by atoms with Gasteiger partial charge in [-0.15, -0.1) is 0 Å². The molecule has 0 bridgehead atoms. The lowest BCUT2D eigenvalue weighted by Gasteiger charge is -2.10. The van der Waals surface area contributed by atoms with Gasteiger partial charge in [0, 0.05) is 0 Å². The molecule has 1 atom stereocenters. The number of carboxylic acid groups (broad SMARTS) is 1. The predicted molar refractivity (Wildman–Crippen MR) is 33.2 cm³/mol. The Kier molecular flexibility index (Phi) is 3.28. The van der Waals surface area contributed by atoms with E-state index in [9.17, 15) is 26.4 Å². The third-order valence-corrected chi connectivity index (χ3v) is 2.01. The minimum Gasteiger partial charge on any atom is -0.479 e. The van der Waals surface area contributed by atoms with Crippen LogP contribution in [0.4, 0.5) is 13.2 Å². The molecule has 9 heteroatoms. The summed E-state index contributed by atoms with van der Waals surface area (Å²) < 4.78 is 58.3. The first-order valence-corrected chi connectivity index (χ1v) is 4.21. The average Bonchev–Trinajstić information content (AvgIpc) is 1.83. The maximum absolute atomic E-state index is 11.6. The molecular formula is C4H5F3O5S. The van der Waals surface area contributed by atoms with Crippen molar-refractivity contribution in [1.82, 2.24) is 0 Å². The van der Waals surface area contributed by atoms with Crippen molar-refractivity contribution in [3.05, 3.63) is 0 Å². The normalized spacial score (nSPS) is 15.4. The summed E-state index contributed by atoms with van der Waals surface area (Å²) in [5.74, 6) is -1.80. The van der Waals surface area contributed by atoms with E-state index < -0.39 is 27.7 Å². The highest BCUT2D eigenvalue weighted by molar-refractivity contribution is 7.87. The summed E-state index contributed by atoms with van der Waals surface area (Å²) in [6.07, 6.45) is -2.06. The first-order chi connectivity index (χ1) is 5.58. The second kappa shape index (κ2) is 3.50. The first kappa shape index (κ1) is 12.2. The molecule has 0 aromatic carbocycles. The lowest BCUT2D eigenvalue weighted by atomic mass is 10.4. The molecule has 0 rings (SSSR count). The van der Waals surface area contributed by atoms with Crippen LogP contribution in [-0.4, -0.2) is 31.1 Å². The lowest BCUT2D eigenvalue weighted by Crippen LogP contribution is -2.32. The van der Waals surface area contributed by atoms with Crippen molar-refractivity contribution in [2.75, 3.05) is 0 Å². The molecular weight excluding hydrogens is 217 g/mol. The third kappa shape index (κ3) is 3.19. The van der Waals surface area contributed by atoms with Gasteiger partial charge in [-0.05, 0) is 6.92 Å². The maximum Gasteiger partial charge on any atom is 0.523 e.